The second kappa shape index (κ2) is 8.80. The zero-order chi connectivity index (χ0) is 20.9. The zero-order valence-electron chi connectivity index (χ0n) is 17.1. The third-order valence-electron chi connectivity index (χ3n) is 5.27. The van der Waals surface area contributed by atoms with Crippen LogP contribution in [0.25, 0.3) is 21.9 Å². The number of fused-ring (bicyclic) bond motifs is 1. The van der Waals surface area contributed by atoms with E-state index in [0.717, 1.165) is 29.4 Å². The second-order valence-corrected chi connectivity index (χ2v) is 7.50. The molecule has 0 aliphatic carbocycles. The van der Waals surface area contributed by atoms with Crippen LogP contribution in [0.1, 0.15) is 28.7 Å². The molecule has 0 spiro atoms. The van der Waals surface area contributed by atoms with Gasteiger partial charge in [0.25, 0.3) is 0 Å². The fourth-order valence-corrected chi connectivity index (χ4v) is 3.49. The molecule has 0 fully saturated rings. The molecule has 4 rings (SSSR count). The van der Waals surface area contributed by atoms with Crippen molar-refractivity contribution in [2.45, 2.75) is 19.8 Å². The van der Waals surface area contributed by atoms with E-state index >= 15 is 0 Å². The molecular weight excluding hydrogens is 367 g/mol. The summed E-state index contributed by atoms with van der Waals surface area (Å²) in [7, 11) is 0. The minimum Gasteiger partial charge on any atom is -0.205 e. The molecule has 0 heterocycles. The maximum absolute atomic E-state index is 15.0. The molecule has 0 atom stereocenters. The van der Waals surface area contributed by atoms with Crippen molar-refractivity contribution in [2.75, 3.05) is 0 Å². The summed E-state index contributed by atoms with van der Waals surface area (Å²) in [6, 6.07) is 26.1. The van der Waals surface area contributed by atoms with E-state index < -0.39 is 0 Å². The molecule has 0 saturated heterocycles. The lowest BCUT2D eigenvalue weighted by Gasteiger charge is -2.05. The Bertz CT molecular complexity index is 1250. The van der Waals surface area contributed by atoms with Crippen LogP contribution in [0.15, 0.2) is 91.5 Å². The summed E-state index contributed by atoms with van der Waals surface area (Å²) >= 11 is 0. The number of hydrogen-bond acceptors (Lipinski definition) is 0. The molecule has 0 radical (unpaired) electrons. The number of aryl methyl sites for hydroxylation is 2. The molecule has 0 aliphatic heterocycles. The van der Waals surface area contributed by atoms with E-state index in [2.05, 4.69) is 61.7 Å². The van der Waals surface area contributed by atoms with Crippen molar-refractivity contribution >= 4 is 10.8 Å². The average molecular weight is 391 g/mol. The summed E-state index contributed by atoms with van der Waals surface area (Å²) in [5, 5.41) is 1.51. The maximum atomic E-state index is 15.0. The van der Waals surface area contributed by atoms with E-state index in [1.807, 2.05) is 42.5 Å². The van der Waals surface area contributed by atoms with Gasteiger partial charge < -0.3 is 0 Å². The van der Waals surface area contributed by atoms with E-state index in [1.165, 1.54) is 16.7 Å². The lowest BCUT2D eigenvalue weighted by Crippen LogP contribution is -1.89. The third kappa shape index (κ3) is 4.34. The van der Waals surface area contributed by atoms with Gasteiger partial charge in [-0.1, -0.05) is 84.1 Å². The van der Waals surface area contributed by atoms with Crippen LogP contribution < -0.4 is 0 Å². The summed E-state index contributed by atoms with van der Waals surface area (Å²) < 4.78 is 15.0. The Hall–Kier alpha value is -3.63. The van der Waals surface area contributed by atoms with E-state index in [0.29, 0.717) is 10.9 Å². The first-order valence-electron chi connectivity index (χ1n) is 10.2. The molecule has 146 valence electrons. The highest BCUT2D eigenvalue weighted by Crippen LogP contribution is 2.23. The van der Waals surface area contributed by atoms with Crippen LogP contribution in [0, 0.1) is 24.6 Å². The fraction of sp³-hybridized carbons (Fsp3) is 0.103. The van der Waals surface area contributed by atoms with Gasteiger partial charge in [0.1, 0.15) is 5.82 Å². The number of halogens is 1. The summed E-state index contributed by atoms with van der Waals surface area (Å²) in [6.45, 7) is 5.84. The molecule has 0 N–H and O–H groups in total. The van der Waals surface area contributed by atoms with Crippen molar-refractivity contribution in [1.82, 2.24) is 0 Å². The highest BCUT2D eigenvalue weighted by atomic mass is 19.1. The first kappa shape index (κ1) is 19.7. The van der Waals surface area contributed by atoms with Gasteiger partial charge in [0, 0.05) is 10.9 Å². The van der Waals surface area contributed by atoms with Crippen molar-refractivity contribution < 1.29 is 4.39 Å². The molecule has 0 unspecified atom stereocenters. The van der Waals surface area contributed by atoms with Gasteiger partial charge in [-0.25, -0.2) is 4.39 Å². The molecule has 1 heteroatoms. The standard InChI is InChI=1S/C29H23F/c1-3-4-5-23-11-19-28-27(20-23)18-17-26(29(28)30)16-10-22-8-14-25(15-9-22)24-12-6-21(2)7-13-24/h3,6-9,11-15,17-20H,1,4-5H2,2H3. The van der Waals surface area contributed by atoms with Crippen LogP contribution in [0.3, 0.4) is 0 Å². The van der Waals surface area contributed by atoms with Crippen molar-refractivity contribution in [2.24, 2.45) is 0 Å². The van der Waals surface area contributed by atoms with Crippen LogP contribution in [-0.4, -0.2) is 0 Å². The normalized spacial score (nSPS) is 10.5. The molecule has 0 nitrogen and oxygen atoms in total. The van der Waals surface area contributed by atoms with Gasteiger partial charge in [0.2, 0.25) is 0 Å². The highest BCUT2D eigenvalue weighted by Gasteiger charge is 2.06. The summed E-state index contributed by atoms with van der Waals surface area (Å²) in [4.78, 5) is 0. The Morgan fingerprint density at radius 1 is 0.833 bits per heavy atom. The van der Waals surface area contributed by atoms with E-state index in [-0.39, 0.29) is 5.82 Å². The molecule has 4 aromatic rings. The molecule has 0 aliphatic rings. The average Bonchev–Trinajstić information content (AvgIpc) is 2.78. The lowest BCUT2D eigenvalue weighted by molar-refractivity contribution is 0.636. The number of hydrogen-bond donors (Lipinski definition) is 0. The minimum absolute atomic E-state index is 0.258. The van der Waals surface area contributed by atoms with Crippen LogP contribution in [-0.2, 0) is 6.42 Å². The van der Waals surface area contributed by atoms with E-state index in [1.54, 1.807) is 6.07 Å². The quantitative estimate of drug-likeness (QED) is 0.250. The van der Waals surface area contributed by atoms with Crippen LogP contribution in [0.4, 0.5) is 4.39 Å². The van der Waals surface area contributed by atoms with Crippen LogP contribution in [0.2, 0.25) is 0 Å². The summed E-state index contributed by atoms with van der Waals surface area (Å²) in [6.07, 6.45) is 3.73. The van der Waals surface area contributed by atoms with Crippen molar-refractivity contribution in [3.63, 3.8) is 0 Å². The molecule has 0 bridgehead atoms. The van der Waals surface area contributed by atoms with Gasteiger partial charge >= 0.3 is 0 Å². The fourth-order valence-electron chi connectivity index (χ4n) is 3.49. The maximum Gasteiger partial charge on any atom is 0.146 e. The summed E-state index contributed by atoms with van der Waals surface area (Å²) in [5.74, 6) is 5.83. The first-order valence-corrected chi connectivity index (χ1v) is 10.2. The molecule has 30 heavy (non-hydrogen) atoms. The Labute approximate surface area is 177 Å². The largest absolute Gasteiger partial charge is 0.205 e. The molecule has 4 aromatic carbocycles. The summed E-state index contributed by atoms with van der Waals surface area (Å²) in [5.41, 5.74) is 6.04. The Balaban J connectivity index is 1.58. The molecular formula is C29H23F. The first-order chi connectivity index (χ1) is 14.6. The van der Waals surface area contributed by atoms with E-state index in [4.69, 9.17) is 0 Å². The zero-order valence-corrected chi connectivity index (χ0v) is 17.1. The Morgan fingerprint density at radius 3 is 2.23 bits per heavy atom. The molecule has 0 aromatic heterocycles. The van der Waals surface area contributed by atoms with Gasteiger partial charge in [-0.15, -0.1) is 6.58 Å². The molecule has 0 saturated carbocycles. The minimum atomic E-state index is -0.258. The van der Waals surface area contributed by atoms with E-state index in [9.17, 15) is 4.39 Å². The Kier molecular flexibility index (Phi) is 5.77. The number of rotatable bonds is 4. The van der Waals surface area contributed by atoms with Gasteiger partial charge in [-0.2, -0.15) is 0 Å². The van der Waals surface area contributed by atoms with Gasteiger partial charge in [-0.3, -0.25) is 0 Å². The number of allylic oxidation sites excluding steroid dienone is 1. The highest BCUT2D eigenvalue weighted by molar-refractivity contribution is 5.85. The predicted octanol–water partition coefficient (Wildman–Crippen LogP) is 7.47. The third-order valence-corrected chi connectivity index (χ3v) is 5.27. The van der Waals surface area contributed by atoms with Gasteiger partial charge in [0.05, 0.1) is 5.56 Å². The molecule has 0 amide bonds. The smallest absolute Gasteiger partial charge is 0.146 e. The van der Waals surface area contributed by atoms with Gasteiger partial charge in [0.15, 0.2) is 0 Å². The van der Waals surface area contributed by atoms with Crippen molar-refractivity contribution in [3.8, 4) is 23.0 Å². The number of benzene rings is 4. The second-order valence-electron chi connectivity index (χ2n) is 7.50. The lowest BCUT2D eigenvalue weighted by atomic mass is 10.0. The monoisotopic (exact) mass is 390 g/mol. The predicted molar refractivity (Wildman–Crippen MR) is 125 cm³/mol. The topological polar surface area (TPSA) is 0 Å². The van der Waals surface area contributed by atoms with Crippen LogP contribution in [0.5, 0.6) is 0 Å². The van der Waals surface area contributed by atoms with Crippen molar-refractivity contribution in [3.05, 3.63) is 120 Å². The Morgan fingerprint density at radius 2 is 1.53 bits per heavy atom. The van der Waals surface area contributed by atoms with Crippen LogP contribution >= 0.6 is 0 Å². The van der Waals surface area contributed by atoms with Crippen molar-refractivity contribution in [1.29, 1.82) is 0 Å². The van der Waals surface area contributed by atoms with Gasteiger partial charge in [-0.05, 0) is 60.0 Å². The SMILES string of the molecule is C=CCCc1ccc2c(F)c(C#Cc3ccc(-c4ccc(C)cc4)cc3)ccc2c1.